The molecule has 0 heterocycles. The fourth-order valence-electron chi connectivity index (χ4n) is 3.33. The second-order valence-corrected chi connectivity index (χ2v) is 6.34. The molecule has 0 aliphatic heterocycles. The van der Waals surface area contributed by atoms with Gasteiger partial charge in [0.2, 0.25) is 5.82 Å². The van der Waals surface area contributed by atoms with E-state index in [1.54, 1.807) is 0 Å². The number of alkyl halides is 3. The lowest BCUT2D eigenvalue weighted by Crippen LogP contribution is -2.43. The molecule has 2 rings (SSSR count). The van der Waals surface area contributed by atoms with Crippen LogP contribution in [-0.4, -0.2) is 24.4 Å². The zero-order valence-corrected chi connectivity index (χ0v) is 13.1. The fraction of sp³-hybridized carbons (Fsp3) is 0.562. The van der Waals surface area contributed by atoms with Crippen LogP contribution in [0.2, 0.25) is 0 Å². The van der Waals surface area contributed by atoms with Gasteiger partial charge in [0.05, 0.1) is 18.4 Å². The summed E-state index contributed by atoms with van der Waals surface area (Å²) in [5.41, 5.74) is -2.15. The van der Waals surface area contributed by atoms with Crippen LogP contribution in [0.3, 0.4) is 0 Å². The summed E-state index contributed by atoms with van der Waals surface area (Å²) in [6.45, 7) is 1.02. The summed E-state index contributed by atoms with van der Waals surface area (Å²) in [6.07, 6.45) is -5.61. The molecule has 0 aromatic heterocycles. The Morgan fingerprint density at radius 3 is 2.46 bits per heavy atom. The van der Waals surface area contributed by atoms with E-state index < -0.39 is 53.2 Å². The summed E-state index contributed by atoms with van der Waals surface area (Å²) >= 11 is 0. The van der Waals surface area contributed by atoms with Crippen molar-refractivity contribution in [1.29, 1.82) is 0 Å². The van der Waals surface area contributed by atoms with Crippen molar-refractivity contribution in [2.75, 3.05) is 7.11 Å². The van der Waals surface area contributed by atoms with Gasteiger partial charge in [-0.2, -0.15) is 17.6 Å². The Bertz CT molecular complexity index is 643. The molecule has 3 atom stereocenters. The van der Waals surface area contributed by atoms with Crippen molar-refractivity contribution in [3.63, 3.8) is 0 Å². The molecule has 134 valence electrons. The molecule has 1 aromatic rings. The number of rotatable bonds is 3. The first kappa shape index (κ1) is 18.5. The van der Waals surface area contributed by atoms with Crippen LogP contribution in [-0.2, 0) is 4.79 Å². The van der Waals surface area contributed by atoms with Gasteiger partial charge in [-0.3, -0.25) is 4.79 Å². The van der Waals surface area contributed by atoms with Gasteiger partial charge in [-0.15, -0.1) is 0 Å². The van der Waals surface area contributed by atoms with Crippen molar-refractivity contribution in [1.82, 2.24) is 0 Å². The van der Waals surface area contributed by atoms with Crippen molar-refractivity contribution < 1.29 is 36.6 Å². The van der Waals surface area contributed by atoms with Crippen LogP contribution in [0.15, 0.2) is 12.1 Å². The molecule has 0 spiro atoms. The van der Waals surface area contributed by atoms with Crippen LogP contribution in [0.4, 0.5) is 22.0 Å². The van der Waals surface area contributed by atoms with E-state index in [-0.39, 0.29) is 18.4 Å². The maximum absolute atomic E-state index is 13.9. The number of carboxylic acid groups (broad SMARTS) is 1. The van der Waals surface area contributed by atoms with E-state index in [0.717, 1.165) is 26.2 Å². The fourth-order valence-corrected chi connectivity index (χ4v) is 3.33. The van der Waals surface area contributed by atoms with Crippen molar-refractivity contribution in [3.8, 4) is 5.75 Å². The van der Waals surface area contributed by atoms with E-state index in [1.807, 2.05) is 0 Å². The first-order valence-electron chi connectivity index (χ1n) is 7.33. The van der Waals surface area contributed by atoms with Gasteiger partial charge in [-0.1, -0.05) is 13.0 Å². The Labute approximate surface area is 135 Å². The molecular formula is C16H17F5O3. The maximum atomic E-state index is 13.9. The van der Waals surface area contributed by atoms with Gasteiger partial charge in [0.25, 0.3) is 0 Å². The van der Waals surface area contributed by atoms with Crippen LogP contribution in [0.1, 0.15) is 37.7 Å². The topological polar surface area (TPSA) is 46.5 Å². The van der Waals surface area contributed by atoms with Crippen LogP contribution in [0, 0.1) is 23.0 Å². The van der Waals surface area contributed by atoms with Gasteiger partial charge in [0, 0.05) is 11.5 Å². The molecule has 0 radical (unpaired) electrons. The number of hydrogen-bond acceptors (Lipinski definition) is 2. The third-order valence-electron chi connectivity index (χ3n) is 4.85. The van der Waals surface area contributed by atoms with Gasteiger partial charge in [-0.05, 0) is 25.3 Å². The monoisotopic (exact) mass is 352 g/mol. The average Bonchev–Trinajstić information content (AvgIpc) is 2.48. The number of methoxy groups -OCH3 is 1. The highest BCUT2D eigenvalue weighted by Gasteiger charge is 2.56. The average molecular weight is 352 g/mol. The minimum atomic E-state index is -4.53. The lowest BCUT2D eigenvalue weighted by atomic mass is 9.63. The largest absolute Gasteiger partial charge is 0.493 e. The molecule has 1 N–H and O–H groups in total. The minimum Gasteiger partial charge on any atom is -0.493 e. The Hall–Kier alpha value is -1.86. The van der Waals surface area contributed by atoms with Crippen LogP contribution < -0.4 is 4.74 Å². The van der Waals surface area contributed by atoms with Crippen molar-refractivity contribution in [2.45, 2.75) is 38.3 Å². The van der Waals surface area contributed by atoms with Crippen LogP contribution in [0.25, 0.3) is 0 Å². The molecule has 0 saturated heterocycles. The minimum absolute atomic E-state index is 0.0565. The molecule has 8 heteroatoms. The van der Waals surface area contributed by atoms with E-state index in [4.69, 9.17) is 4.74 Å². The van der Waals surface area contributed by atoms with E-state index in [2.05, 4.69) is 0 Å². The standard InChI is InChI=1S/C16H17F5O3/c1-15(16(19,20)21)6-5-9(14(22)23)10(7-15)8-3-4-11(17)12(18)13(8)24-2/h3-4,9-10H,5-7H2,1-2H3,(H,22,23)/t9-,10+,15-/m1/s1. The second kappa shape index (κ2) is 6.22. The van der Waals surface area contributed by atoms with E-state index in [1.165, 1.54) is 0 Å². The molecular weight excluding hydrogens is 335 g/mol. The highest BCUT2D eigenvalue weighted by atomic mass is 19.4. The molecule has 0 amide bonds. The molecule has 1 saturated carbocycles. The summed E-state index contributed by atoms with van der Waals surface area (Å²) in [6, 6.07) is 1.87. The number of ether oxygens (including phenoxy) is 1. The Morgan fingerprint density at radius 2 is 1.96 bits per heavy atom. The summed E-state index contributed by atoms with van der Waals surface area (Å²) in [5.74, 6) is -6.61. The van der Waals surface area contributed by atoms with Gasteiger partial charge in [-0.25, -0.2) is 4.39 Å². The molecule has 1 aromatic carbocycles. The molecule has 3 nitrogen and oxygen atoms in total. The third-order valence-corrected chi connectivity index (χ3v) is 4.85. The van der Waals surface area contributed by atoms with Crippen molar-refractivity contribution in [3.05, 3.63) is 29.3 Å². The van der Waals surface area contributed by atoms with Crippen LogP contribution >= 0.6 is 0 Å². The van der Waals surface area contributed by atoms with Gasteiger partial charge in [0.1, 0.15) is 0 Å². The normalized spacial score (nSPS) is 27.8. The zero-order chi connectivity index (χ0) is 18.3. The molecule has 1 aliphatic carbocycles. The summed E-state index contributed by atoms with van der Waals surface area (Å²) < 4.78 is 72.1. The highest BCUT2D eigenvalue weighted by Crippen LogP contribution is 2.55. The van der Waals surface area contributed by atoms with Gasteiger partial charge in [0.15, 0.2) is 11.6 Å². The zero-order valence-electron chi connectivity index (χ0n) is 13.1. The Kier molecular flexibility index (Phi) is 4.79. The van der Waals surface area contributed by atoms with Gasteiger partial charge < -0.3 is 9.84 Å². The molecule has 0 bridgehead atoms. The second-order valence-electron chi connectivity index (χ2n) is 6.34. The number of carbonyl (C=O) groups is 1. The number of benzene rings is 1. The number of carboxylic acids is 1. The summed E-state index contributed by atoms with van der Waals surface area (Å²) in [7, 11) is 1.06. The Morgan fingerprint density at radius 1 is 1.33 bits per heavy atom. The van der Waals surface area contributed by atoms with Crippen molar-refractivity contribution in [2.24, 2.45) is 11.3 Å². The maximum Gasteiger partial charge on any atom is 0.394 e. The molecule has 24 heavy (non-hydrogen) atoms. The quantitative estimate of drug-likeness (QED) is 0.814. The van der Waals surface area contributed by atoms with E-state index in [9.17, 15) is 31.9 Å². The SMILES string of the molecule is COc1c([C@@H]2C[C@](C)(C(F)(F)F)CC[C@H]2C(=O)O)ccc(F)c1F. The lowest BCUT2D eigenvalue weighted by molar-refractivity contribution is -0.232. The predicted octanol–water partition coefficient (Wildman–Crippen LogP) is 4.51. The van der Waals surface area contributed by atoms with Gasteiger partial charge >= 0.3 is 12.1 Å². The van der Waals surface area contributed by atoms with E-state index in [0.29, 0.717) is 0 Å². The smallest absolute Gasteiger partial charge is 0.394 e. The number of hydrogen-bond donors (Lipinski definition) is 1. The predicted molar refractivity (Wildman–Crippen MR) is 74.8 cm³/mol. The lowest BCUT2D eigenvalue weighted by Gasteiger charge is -2.42. The molecule has 1 fully saturated rings. The van der Waals surface area contributed by atoms with Crippen molar-refractivity contribution >= 4 is 5.97 Å². The van der Waals surface area contributed by atoms with Crippen LogP contribution in [0.5, 0.6) is 5.75 Å². The summed E-state index contributed by atoms with van der Waals surface area (Å²) in [5, 5.41) is 9.34. The Balaban J connectivity index is 2.54. The third kappa shape index (κ3) is 3.06. The summed E-state index contributed by atoms with van der Waals surface area (Å²) in [4.78, 5) is 11.5. The highest BCUT2D eigenvalue weighted by molar-refractivity contribution is 5.72. The first-order valence-corrected chi connectivity index (χ1v) is 7.33. The first-order chi connectivity index (χ1) is 11.0. The molecule has 0 unspecified atom stereocenters. The number of aliphatic carboxylic acids is 1. The number of halogens is 5. The molecule has 1 aliphatic rings. The van der Waals surface area contributed by atoms with E-state index >= 15 is 0 Å².